The average Bonchev–Trinajstić information content (AvgIpc) is 3.34. The maximum atomic E-state index is 13.5. The summed E-state index contributed by atoms with van der Waals surface area (Å²) in [6.45, 7) is 10.4. The summed E-state index contributed by atoms with van der Waals surface area (Å²) in [4.78, 5) is 35.2. The van der Waals surface area contributed by atoms with Gasteiger partial charge in [0.15, 0.2) is 0 Å². The second-order valence-electron chi connectivity index (χ2n) is 18.8. The minimum Gasteiger partial charge on any atom is -0.376 e. The van der Waals surface area contributed by atoms with Crippen LogP contribution in [0, 0.1) is 15.5 Å². The number of rotatable bonds is 18. The first-order valence-electron chi connectivity index (χ1n) is 23.6. The van der Waals surface area contributed by atoms with E-state index >= 15 is 0 Å². The lowest BCUT2D eigenvalue weighted by Gasteiger charge is -2.44. The van der Waals surface area contributed by atoms with Crippen LogP contribution in [-0.4, -0.2) is 119 Å². The first-order valence-corrected chi connectivity index (χ1v) is 26.5. The van der Waals surface area contributed by atoms with Crippen molar-refractivity contribution >= 4 is 56.4 Å². The Kier molecular flexibility index (Phi) is 16.4. The highest BCUT2D eigenvalue weighted by Crippen LogP contribution is 2.40. The van der Waals surface area contributed by atoms with E-state index in [1.807, 2.05) is 73.6 Å². The van der Waals surface area contributed by atoms with Gasteiger partial charge in [0.1, 0.15) is 5.69 Å². The summed E-state index contributed by atoms with van der Waals surface area (Å²) >= 11 is 7.93. The number of halogens is 1. The number of hydrogen-bond donors (Lipinski definition) is 3. The summed E-state index contributed by atoms with van der Waals surface area (Å²) in [7, 11) is -0.517. The van der Waals surface area contributed by atoms with Crippen molar-refractivity contribution in [2.75, 3.05) is 89.0 Å². The Morgan fingerprint density at radius 2 is 1.53 bits per heavy atom. The van der Waals surface area contributed by atoms with E-state index < -0.39 is 26.5 Å². The molecule has 3 aliphatic heterocycles. The van der Waals surface area contributed by atoms with Gasteiger partial charge in [-0.2, -0.15) is 0 Å². The third-order valence-electron chi connectivity index (χ3n) is 13.8. The van der Waals surface area contributed by atoms with E-state index in [-0.39, 0.29) is 22.2 Å². The molecule has 8 rings (SSSR count). The second-order valence-corrected chi connectivity index (χ2v) is 22.0. The van der Waals surface area contributed by atoms with Gasteiger partial charge in [0, 0.05) is 78.3 Å². The fourth-order valence-corrected chi connectivity index (χ4v) is 11.8. The van der Waals surface area contributed by atoms with Crippen LogP contribution in [0.15, 0.2) is 125 Å². The predicted molar refractivity (Wildman–Crippen MR) is 275 cm³/mol. The number of sulfonamides is 1. The molecule has 5 aromatic rings. The molecule has 3 N–H and O–H groups in total. The van der Waals surface area contributed by atoms with Crippen molar-refractivity contribution in [3.63, 3.8) is 0 Å². The van der Waals surface area contributed by atoms with Gasteiger partial charge in [0.25, 0.3) is 21.6 Å². The van der Waals surface area contributed by atoms with Crippen molar-refractivity contribution in [3.05, 3.63) is 147 Å². The molecule has 13 nitrogen and oxygen atoms in total. The van der Waals surface area contributed by atoms with E-state index in [9.17, 15) is 23.3 Å². The summed E-state index contributed by atoms with van der Waals surface area (Å²) in [5.74, 6) is -0.183. The van der Waals surface area contributed by atoms with Crippen LogP contribution in [0.5, 0.6) is 0 Å². The smallest absolute Gasteiger partial charge is 0.293 e. The zero-order valence-corrected chi connectivity index (χ0v) is 41.4. The maximum Gasteiger partial charge on any atom is 0.293 e. The molecule has 0 aliphatic carbocycles. The molecular formula is C52H63ClN8O5S2. The van der Waals surface area contributed by atoms with Crippen LogP contribution in [0.25, 0.3) is 11.1 Å². The molecular weight excluding hydrogens is 916 g/mol. The van der Waals surface area contributed by atoms with Crippen LogP contribution in [-0.2, 0) is 23.1 Å². The molecule has 16 heteroatoms. The molecule has 0 saturated carbocycles. The number of piperazine rings is 1. The fraction of sp³-hybridized carbons (Fsp3) is 0.404. The van der Waals surface area contributed by atoms with Crippen molar-refractivity contribution in [2.45, 2.75) is 61.0 Å². The lowest BCUT2D eigenvalue weighted by atomic mass is 9.71. The molecule has 1 unspecified atom stereocenters. The molecule has 360 valence electrons. The number of nitro groups is 1. The lowest BCUT2D eigenvalue weighted by Crippen LogP contribution is -2.46. The second kappa shape index (κ2) is 22.6. The van der Waals surface area contributed by atoms with Crippen molar-refractivity contribution in [3.8, 4) is 11.1 Å². The van der Waals surface area contributed by atoms with E-state index in [2.05, 4.69) is 60.4 Å². The van der Waals surface area contributed by atoms with Crippen LogP contribution in [0.3, 0.4) is 0 Å². The van der Waals surface area contributed by atoms with Gasteiger partial charge in [-0.15, -0.1) is 11.8 Å². The summed E-state index contributed by atoms with van der Waals surface area (Å²) in [5.41, 5.74) is 6.45. The number of nitrogens with zero attached hydrogens (tertiary/aromatic N) is 5. The van der Waals surface area contributed by atoms with Crippen LogP contribution in [0.2, 0.25) is 5.02 Å². The summed E-state index contributed by atoms with van der Waals surface area (Å²) in [6, 6.07) is 35.4. The fourth-order valence-electron chi connectivity index (χ4n) is 9.65. The summed E-state index contributed by atoms with van der Waals surface area (Å²) in [6.07, 6.45) is 5.86. The molecule has 1 atom stereocenters. The first kappa shape index (κ1) is 49.4. The highest BCUT2D eigenvalue weighted by Gasteiger charge is 2.35. The Morgan fingerprint density at radius 3 is 2.21 bits per heavy atom. The normalized spacial score (nSPS) is 17.3. The minimum atomic E-state index is -4.45. The number of likely N-dealkylation sites (tertiary alicyclic amines) is 1. The Morgan fingerprint density at radius 1 is 0.838 bits per heavy atom. The summed E-state index contributed by atoms with van der Waals surface area (Å²) in [5, 5.41) is 19.8. The number of nitrogens with one attached hydrogen (secondary N) is 3. The first-order chi connectivity index (χ1) is 32.8. The van der Waals surface area contributed by atoms with Gasteiger partial charge in [-0.1, -0.05) is 60.1 Å². The molecule has 68 heavy (non-hydrogen) atoms. The number of thioether (sulfide) groups is 1. The van der Waals surface area contributed by atoms with E-state index in [0.29, 0.717) is 17.6 Å². The third-order valence-corrected chi connectivity index (χ3v) is 16.5. The molecule has 0 radical (unpaired) electrons. The molecule has 0 bridgehead atoms. The molecule has 5 aromatic carbocycles. The number of piperidine rings is 2. The SMILES string of the molecule is CN(C)CCC(CSc1ccccc1)Nc1ccc(S(=O)(=O)NC(=O)c2ccc(N3CCN(Cc4cc(CN5CCC6(CCNCC6)CC5)ccc4-c4ccc(Cl)cc4)CC3)cc2)cc1[N+](=O)[O-]. The highest BCUT2D eigenvalue weighted by atomic mass is 35.5. The highest BCUT2D eigenvalue weighted by molar-refractivity contribution is 7.99. The van der Waals surface area contributed by atoms with Gasteiger partial charge in [0.2, 0.25) is 0 Å². The summed E-state index contributed by atoms with van der Waals surface area (Å²) < 4.78 is 29.1. The average molecular weight is 980 g/mol. The van der Waals surface area contributed by atoms with Gasteiger partial charge in [-0.3, -0.25) is 24.7 Å². The van der Waals surface area contributed by atoms with Crippen molar-refractivity contribution in [1.29, 1.82) is 0 Å². The topological polar surface area (TPSA) is 143 Å². The van der Waals surface area contributed by atoms with Gasteiger partial charge < -0.3 is 20.4 Å². The number of benzene rings is 5. The molecule has 3 heterocycles. The monoisotopic (exact) mass is 978 g/mol. The standard InChI is InChI=1S/C52H63ClN8O5S2/c1-57(2)27-20-44(38-67-46-6-4-3-5-7-46)55-49-19-17-47(35-50(49)61(63)64)68(65,66)56-51(62)41-11-15-45(16-12-41)60-32-30-59(31-33-60)37-42-34-39(8-18-48(42)40-9-13-43(53)14-10-40)36-58-28-23-52(24-29-58)21-25-54-26-22-52/h3-19,34-35,44,54-55H,20-33,36-38H2,1-2H3,(H,56,62). The molecule has 1 spiro atoms. The number of carbonyl (C=O) groups excluding carboxylic acids is 1. The molecule has 3 saturated heterocycles. The van der Waals surface area contributed by atoms with E-state index in [0.717, 1.165) is 99.2 Å². The zero-order chi connectivity index (χ0) is 47.7. The molecule has 1 amide bonds. The molecule has 3 aliphatic rings. The largest absolute Gasteiger partial charge is 0.376 e. The Hall–Kier alpha value is -5.00. The van der Waals surface area contributed by atoms with Gasteiger partial charge in [0.05, 0.1) is 9.82 Å². The van der Waals surface area contributed by atoms with Crippen LogP contribution >= 0.6 is 23.4 Å². The van der Waals surface area contributed by atoms with Gasteiger partial charge in [-0.25, -0.2) is 13.1 Å². The Bertz CT molecular complexity index is 2600. The number of anilines is 2. The van der Waals surface area contributed by atoms with Crippen molar-refractivity contribution in [1.82, 2.24) is 24.7 Å². The van der Waals surface area contributed by atoms with E-state index in [4.69, 9.17) is 11.6 Å². The lowest BCUT2D eigenvalue weighted by molar-refractivity contribution is -0.384. The van der Waals surface area contributed by atoms with E-state index in [1.54, 1.807) is 23.9 Å². The third kappa shape index (κ3) is 13.0. The van der Waals surface area contributed by atoms with Crippen molar-refractivity contribution < 1.29 is 18.1 Å². The number of nitro benzene ring substituents is 1. The number of amides is 1. The quantitative estimate of drug-likeness (QED) is 0.0439. The minimum absolute atomic E-state index is 0.144. The molecule has 3 fully saturated rings. The van der Waals surface area contributed by atoms with Crippen LogP contribution < -0.4 is 20.3 Å². The van der Waals surface area contributed by atoms with Crippen LogP contribution in [0.4, 0.5) is 17.1 Å². The number of carbonyl (C=O) groups is 1. The number of hydrogen-bond acceptors (Lipinski definition) is 12. The Labute approximate surface area is 410 Å². The zero-order valence-electron chi connectivity index (χ0n) is 39.0. The van der Waals surface area contributed by atoms with Gasteiger partial charge >= 0.3 is 0 Å². The van der Waals surface area contributed by atoms with Gasteiger partial charge in [-0.05, 0) is 167 Å². The Balaban J connectivity index is 0.873. The molecule has 0 aromatic heterocycles. The van der Waals surface area contributed by atoms with Crippen LogP contribution in [0.1, 0.15) is 53.6 Å². The predicted octanol–water partition coefficient (Wildman–Crippen LogP) is 8.85. The van der Waals surface area contributed by atoms with E-state index in [1.165, 1.54) is 54.5 Å². The maximum absolute atomic E-state index is 13.5. The van der Waals surface area contributed by atoms with Crippen molar-refractivity contribution in [2.24, 2.45) is 5.41 Å².